The molecular weight excluding hydrogens is 166 g/mol. The van der Waals surface area contributed by atoms with Crippen molar-refractivity contribution in [2.24, 2.45) is 0 Å². The first kappa shape index (κ1) is 12.6. The Balaban J connectivity index is 3.38. The summed E-state index contributed by atoms with van der Waals surface area (Å²) >= 11 is 0. The Kier molecular flexibility index (Phi) is 9.42. The second-order valence-electron chi connectivity index (χ2n) is 2.85. The molecule has 78 valence electrons. The van der Waals surface area contributed by atoms with Crippen LogP contribution in [-0.2, 0) is 9.47 Å². The standard InChI is InChI=1S/C10H21NO2/c1-4-6-10(11-5-2)9-13-8-7-12-3/h4,10-11H,1,5-9H2,2-3H3. The van der Waals surface area contributed by atoms with Crippen LogP contribution in [0.2, 0.25) is 0 Å². The number of nitrogens with one attached hydrogen (secondary N) is 1. The van der Waals surface area contributed by atoms with E-state index < -0.39 is 0 Å². The average Bonchev–Trinajstić information content (AvgIpc) is 2.13. The summed E-state index contributed by atoms with van der Waals surface area (Å²) in [7, 11) is 1.68. The van der Waals surface area contributed by atoms with Gasteiger partial charge in [0.2, 0.25) is 0 Å². The van der Waals surface area contributed by atoms with Gasteiger partial charge in [-0.1, -0.05) is 13.0 Å². The molecule has 1 unspecified atom stereocenters. The van der Waals surface area contributed by atoms with E-state index in [1.54, 1.807) is 7.11 Å². The molecule has 1 atom stereocenters. The third kappa shape index (κ3) is 7.96. The third-order valence-corrected chi connectivity index (χ3v) is 1.69. The number of likely N-dealkylation sites (N-methyl/N-ethyl adjacent to an activating group) is 1. The Hall–Kier alpha value is -0.380. The first-order chi connectivity index (χ1) is 6.35. The molecule has 13 heavy (non-hydrogen) atoms. The minimum Gasteiger partial charge on any atom is -0.382 e. The second kappa shape index (κ2) is 9.71. The lowest BCUT2D eigenvalue weighted by Gasteiger charge is -2.15. The van der Waals surface area contributed by atoms with Crippen LogP contribution in [0.4, 0.5) is 0 Å². The van der Waals surface area contributed by atoms with E-state index in [1.807, 2.05) is 6.08 Å². The van der Waals surface area contributed by atoms with Crippen LogP contribution in [0.3, 0.4) is 0 Å². The van der Waals surface area contributed by atoms with Crippen molar-refractivity contribution >= 4 is 0 Å². The maximum atomic E-state index is 5.41. The molecule has 0 aromatic carbocycles. The van der Waals surface area contributed by atoms with Gasteiger partial charge in [-0.15, -0.1) is 6.58 Å². The minimum atomic E-state index is 0.388. The maximum Gasteiger partial charge on any atom is 0.0701 e. The van der Waals surface area contributed by atoms with Gasteiger partial charge in [-0.25, -0.2) is 0 Å². The molecule has 0 saturated heterocycles. The summed E-state index contributed by atoms with van der Waals surface area (Å²) in [5.41, 5.74) is 0. The van der Waals surface area contributed by atoms with Crippen molar-refractivity contribution < 1.29 is 9.47 Å². The van der Waals surface area contributed by atoms with Crippen LogP contribution >= 0.6 is 0 Å². The fraction of sp³-hybridized carbons (Fsp3) is 0.800. The number of ether oxygens (including phenoxy) is 2. The molecule has 3 heteroatoms. The SMILES string of the molecule is C=CCC(COCCOC)NCC. The number of methoxy groups -OCH3 is 1. The molecule has 0 aromatic rings. The van der Waals surface area contributed by atoms with Crippen LogP contribution in [0.25, 0.3) is 0 Å². The van der Waals surface area contributed by atoms with E-state index in [2.05, 4.69) is 18.8 Å². The highest BCUT2D eigenvalue weighted by Gasteiger charge is 2.03. The average molecular weight is 187 g/mol. The maximum absolute atomic E-state index is 5.41. The fourth-order valence-corrected chi connectivity index (χ4v) is 1.07. The summed E-state index contributed by atoms with van der Waals surface area (Å²) in [5, 5.41) is 3.32. The van der Waals surface area contributed by atoms with Gasteiger partial charge in [0.15, 0.2) is 0 Å². The molecular formula is C10H21NO2. The monoisotopic (exact) mass is 187 g/mol. The van der Waals surface area contributed by atoms with Crippen molar-refractivity contribution in [3.05, 3.63) is 12.7 Å². The Bertz CT molecular complexity index is 117. The van der Waals surface area contributed by atoms with Crippen molar-refractivity contribution in [1.29, 1.82) is 0 Å². The van der Waals surface area contributed by atoms with Crippen LogP contribution in [-0.4, -0.2) is 39.5 Å². The van der Waals surface area contributed by atoms with E-state index >= 15 is 0 Å². The lowest BCUT2D eigenvalue weighted by molar-refractivity contribution is 0.0593. The molecule has 0 heterocycles. The summed E-state index contributed by atoms with van der Waals surface area (Å²) < 4.78 is 10.3. The molecule has 0 rings (SSSR count). The highest BCUT2D eigenvalue weighted by molar-refractivity contribution is 4.77. The Morgan fingerprint density at radius 1 is 1.46 bits per heavy atom. The van der Waals surface area contributed by atoms with E-state index in [-0.39, 0.29) is 0 Å². The highest BCUT2D eigenvalue weighted by Crippen LogP contribution is 1.93. The van der Waals surface area contributed by atoms with Crippen LogP contribution in [0.1, 0.15) is 13.3 Å². The molecule has 0 fully saturated rings. The summed E-state index contributed by atoms with van der Waals surface area (Å²) in [4.78, 5) is 0. The van der Waals surface area contributed by atoms with Crippen LogP contribution in [0.15, 0.2) is 12.7 Å². The van der Waals surface area contributed by atoms with Crippen molar-refractivity contribution in [2.45, 2.75) is 19.4 Å². The zero-order chi connectivity index (χ0) is 9.94. The van der Waals surface area contributed by atoms with Crippen LogP contribution in [0, 0.1) is 0 Å². The molecule has 0 aromatic heterocycles. The molecule has 1 N–H and O–H groups in total. The molecule has 0 saturated carbocycles. The second-order valence-corrected chi connectivity index (χ2v) is 2.85. The Labute approximate surface area is 81.1 Å². The summed E-state index contributed by atoms with van der Waals surface area (Å²) in [6.45, 7) is 8.81. The lowest BCUT2D eigenvalue weighted by Crippen LogP contribution is -2.33. The molecule has 0 aliphatic heterocycles. The van der Waals surface area contributed by atoms with Crippen molar-refractivity contribution in [3.8, 4) is 0 Å². The van der Waals surface area contributed by atoms with E-state index in [4.69, 9.17) is 9.47 Å². The molecule has 0 radical (unpaired) electrons. The molecule has 0 bridgehead atoms. The first-order valence-corrected chi connectivity index (χ1v) is 4.76. The summed E-state index contributed by atoms with van der Waals surface area (Å²) in [6, 6.07) is 0.388. The van der Waals surface area contributed by atoms with Gasteiger partial charge in [-0.05, 0) is 13.0 Å². The molecule has 0 amide bonds. The predicted molar refractivity (Wildman–Crippen MR) is 55.0 cm³/mol. The zero-order valence-electron chi connectivity index (χ0n) is 8.71. The third-order valence-electron chi connectivity index (χ3n) is 1.69. The van der Waals surface area contributed by atoms with Gasteiger partial charge in [0, 0.05) is 13.2 Å². The molecule has 0 aliphatic carbocycles. The number of rotatable bonds is 9. The molecule has 0 spiro atoms. The predicted octanol–water partition coefficient (Wildman–Crippen LogP) is 1.20. The lowest BCUT2D eigenvalue weighted by atomic mass is 10.2. The summed E-state index contributed by atoms with van der Waals surface area (Å²) in [5.74, 6) is 0. The van der Waals surface area contributed by atoms with Gasteiger partial charge in [-0.3, -0.25) is 0 Å². The van der Waals surface area contributed by atoms with E-state index in [0.717, 1.165) is 19.6 Å². The first-order valence-electron chi connectivity index (χ1n) is 4.76. The number of hydrogen-bond donors (Lipinski definition) is 1. The van der Waals surface area contributed by atoms with E-state index in [0.29, 0.717) is 19.3 Å². The highest BCUT2D eigenvalue weighted by atomic mass is 16.5. The normalized spacial score (nSPS) is 12.8. The quantitative estimate of drug-likeness (QED) is 0.434. The zero-order valence-corrected chi connectivity index (χ0v) is 8.71. The van der Waals surface area contributed by atoms with E-state index in [9.17, 15) is 0 Å². The minimum absolute atomic E-state index is 0.388. The van der Waals surface area contributed by atoms with E-state index in [1.165, 1.54) is 0 Å². The van der Waals surface area contributed by atoms with Crippen LogP contribution in [0.5, 0.6) is 0 Å². The van der Waals surface area contributed by atoms with Gasteiger partial charge in [0.1, 0.15) is 0 Å². The topological polar surface area (TPSA) is 30.5 Å². The Morgan fingerprint density at radius 2 is 2.23 bits per heavy atom. The largest absolute Gasteiger partial charge is 0.382 e. The molecule has 3 nitrogen and oxygen atoms in total. The van der Waals surface area contributed by atoms with Gasteiger partial charge >= 0.3 is 0 Å². The van der Waals surface area contributed by atoms with Gasteiger partial charge in [-0.2, -0.15) is 0 Å². The summed E-state index contributed by atoms with van der Waals surface area (Å²) in [6.07, 6.45) is 2.85. The van der Waals surface area contributed by atoms with Crippen molar-refractivity contribution in [1.82, 2.24) is 5.32 Å². The van der Waals surface area contributed by atoms with Gasteiger partial charge < -0.3 is 14.8 Å². The van der Waals surface area contributed by atoms with Crippen LogP contribution < -0.4 is 5.32 Å². The van der Waals surface area contributed by atoms with Gasteiger partial charge in [0.05, 0.1) is 19.8 Å². The van der Waals surface area contributed by atoms with Crippen molar-refractivity contribution in [3.63, 3.8) is 0 Å². The van der Waals surface area contributed by atoms with Crippen molar-refractivity contribution in [2.75, 3.05) is 33.5 Å². The molecule has 0 aliphatic rings. The number of hydrogen-bond acceptors (Lipinski definition) is 3. The fourth-order valence-electron chi connectivity index (χ4n) is 1.07. The van der Waals surface area contributed by atoms with Gasteiger partial charge in [0.25, 0.3) is 0 Å². The Morgan fingerprint density at radius 3 is 2.77 bits per heavy atom. The smallest absolute Gasteiger partial charge is 0.0701 e.